The monoisotopic (exact) mass is 354 g/mol. The fraction of sp³-hybridized carbons (Fsp3) is 0.750. The number of carboxylic acid groups (broad SMARTS) is 1. The lowest BCUT2D eigenvalue weighted by molar-refractivity contribution is -0.136. The highest BCUT2D eigenvalue weighted by molar-refractivity contribution is 5.84. The van der Waals surface area contributed by atoms with Gasteiger partial charge in [-0.1, -0.05) is 51.2 Å². The van der Waals surface area contributed by atoms with Gasteiger partial charge < -0.3 is 20.4 Å². The van der Waals surface area contributed by atoms with Gasteiger partial charge in [0.15, 0.2) is 5.76 Å². The average Bonchev–Trinajstić information content (AvgIpc) is 3.03. The highest BCUT2D eigenvalue weighted by Gasteiger charge is 2.25. The van der Waals surface area contributed by atoms with Crippen molar-refractivity contribution in [3.05, 3.63) is 23.7 Å². The third-order valence-electron chi connectivity index (χ3n) is 5.14. The summed E-state index contributed by atoms with van der Waals surface area (Å²) in [7, 11) is 0. The second-order valence-electron chi connectivity index (χ2n) is 7.12. The molecule has 5 nitrogen and oxygen atoms in total. The van der Waals surface area contributed by atoms with E-state index in [1.54, 1.807) is 0 Å². The maximum atomic E-state index is 10.6. The van der Waals surface area contributed by atoms with Crippen molar-refractivity contribution in [3.8, 4) is 0 Å². The number of hydrogen-bond donors (Lipinski definition) is 4. The molecule has 1 fully saturated rings. The van der Waals surface area contributed by atoms with Crippen LogP contribution in [-0.4, -0.2) is 32.5 Å². The fourth-order valence-electron chi connectivity index (χ4n) is 3.61. The molecule has 0 bridgehead atoms. The summed E-state index contributed by atoms with van der Waals surface area (Å²) in [6, 6.07) is 0. The number of carboxylic acids is 1. The molecule has 1 aliphatic rings. The van der Waals surface area contributed by atoms with Crippen molar-refractivity contribution in [3.63, 3.8) is 0 Å². The molecule has 144 valence electrons. The van der Waals surface area contributed by atoms with Crippen LogP contribution >= 0.6 is 0 Å². The van der Waals surface area contributed by atoms with Gasteiger partial charge in [-0.2, -0.15) is 0 Å². The topological polar surface area (TPSA) is 98.0 Å². The molecule has 0 heterocycles. The van der Waals surface area contributed by atoms with Gasteiger partial charge in [0.2, 0.25) is 5.76 Å². The molecule has 0 aromatic heterocycles. The minimum Gasteiger partial charge on any atom is -0.506 e. The zero-order chi connectivity index (χ0) is 18.7. The third-order valence-corrected chi connectivity index (χ3v) is 5.14. The minimum absolute atomic E-state index is 0.257. The van der Waals surface area contributed by atoms with E-state index in [9.17, 15) is 15.0 Å². The van der Waals surface area contributed by atoms with Crippen molar-refractivity contribution in [2.45, 2.75) is 83.7 Å². The Balaban J connectivity index is 2.32. The Morgan fingerprint density at radius 3 is 2.56 bits per heavy atom. The normalized spacial score (nSPS) is 23.0. The summed E-state index contributed by atoms with van der Waals surface area (Å²) in [6.45, 7) is 2.22. The van der Waals surface area contributed by atoms with Crippen molar-refractivity contribution in [1.82, 2.24) is 0 Å². The Labute approximate surface area is 151 Å². The van der Waals surface area contributed by atoms with Gasteiger partial charge in [-0.15, -0.1) is 0 Å². The minimum atomic E-state index is -1.63. The molecule has 1 saturated carbocycles. The molecule has 25 heavy (non-hydrogen) atoms. The lowest BCUT2D eigenvalue weighted by Crippen LogP contribution is -2.16. The molecule has 1 rings (SSSR count). The first-order valence-corrected chi connectivity index (χ1v) is 9.67. The summed E-state index contributed by atoms with van der Waals surface area (Å²) < 4.78 is 0. The zero-order valence-corrected chi connectivity index (χ0v) is 15.4. The van der Waals surface area contributed by atoms with Crippen LogP contribution in [0.5, 0.6) is 0 Å². The van der Waals surface area contributed by atoms with E-state index in [0.29, 0.717) is 18.3 Å². The van der Waals surface area contributed by atoms with Crippen LogP contribution in [0.15, 0.2) is 23.7 Å². The van der Waals surface area contributed by atoms with Gasteiger partial charge in [-0.05, 0) is 50.4 Å². The standard InChI is InChI=1S/C20H34O5/c1-2-3-4-5-6-7-10-15-11-8-12-16(15)13-9-14-17(21)18(22)19(23)20(24)25/h7,10,15-17,21-23H,2-6,8-9,11-14H2,1H3,(H,24,25)/b10-7+,19-18+/t15-,16+,17?/m0/s1. The molecule has 1 aliphatic carbocycles. The number of rotatable bonds is 12. The Bertz CT molecular complexity index is 455. The number of aliphatic hydroxyl groups is 3. The Kier molecular flexibility index (Phi) is 10.3. The predicted molar refractivity (Wildman–Crippen MR) is 98.5 cm³/mol. The molecular formula is C20H34O5. The Morgan fingerprint density at radius 1 is 1.12 bits per heavy atom. The molecule has 3 atom stereocenters. The van der Waals surface area contributed by atoms with E-state index in [2.05, 4.69) is 19.1 Å². The first-order valence-electron chi connectivity index (χ1n) is 9.67. The molecule has 5 heteroatoms. The van der Waals surface area contributed by atoms with Crippen molar-refractivity contribution in [1.29, 1.82) is 0 Å². The van der Waals surface area contributed by atoms with E-state index < -0.39 is 23.6 Å². The van der Waals surface area contributed by atoms with E-state index in [1.807, 2.05) is 0 Å². The largest absolute Gasteiger partial charge is 0.506 e. The van der Waals surface area contributed by atoms with Gasteiger partial charge in [0.05, 0.1) is 0 Å². The van der Waals surface area contributed by atoms with Gasteiger partial charge in [0.25, 0.3) is 0 Å². The highest BCUT2D eigenvalue weighted by atomic mass is 16.4. The van der Waals surface area contributed by atoms with E-state index in [1.165, 1.54) is 44.9 Å². The van der Waals surface area contributed by atoms with Crippen LogP contribution in [0, 0.1) is 11.8 Å². The second-order valence-corrected chi connectivity index (χ2v) is 7.12. The molecular weight excluding hydrogens is 320 g/mol. The Hall–Kier alpha value is -1.49. The van der Waals surface area contributed by atoms with Crippen molar-refractivity contribution < 1.29 is 25.2 Å². The quantitative estimate of drug-likeness (QED) is 0.173. The summed E-state index contributed by atoms with van der Waals surface area (Å²) in [5.74, 6) is -2.45. The molecule has 0 spiro atoms. The molecule has 0 radical (unpaired) electrons. The lowest BCUT2D eigenvalue weighted by Gasteiger charge is -2.17. The van der Waals surface area contributed by atoms with E-state index in [-0.39, 0.29) is 6.42 Å². The molecule has 0 saturated heterocycles. The van der Waals surface area contributed by atoms with Gasteiger partial charge >= 0.3 is 5.97 Å². The van der Waals surface area contributed by atoms with Crippen LogP contribution < -0.4 is 0 Å². The Morgan fingerprint density at radius 2 is 1.88 bits per heavy atom. The van der Waals surface area contributed by atoms with Gasteiger partial charge in [-0.3, -0.25) is 0 Å². The van der Waals surface area contributed by atoms with Gasteiger partial charge in [-0.25, -0.2) is 4.79 Å². The van der Waals surface area contributed by atoms with Gasteiger partial charge in [0.1, 0.15) is 6.10 Å². The molecule has 4 N–H and O–H groups in total. The van der Waals surface area contributed by atoms with E-state index in [4.69, 9.17) is 10.2 Å². The van der Waals surface area contributed by atoms with Gasteiger partial charge in [0, 0.05) is 0 Å². The van der Waals surface area contributed by atoms with Crippen LogP contribution in [0.2, 0.25) is 0 Å². The van der Waals surface area contributed by atoms with Crippen LogP contribution in [0.25, 0.3) is 0 Å². The number of unbranched alkanes of at least 4 members (excludes halogenated alkanes) is 4. The number of hydrogen-bond acceptors (Lipinski definition) is 4. The van der Waals surface area contributed by atoms with E-state index >= 15 is 0 Å². The fourth-order valence-corrected chi connectivity index (χ4v) is 3.61. The second kappa shape index (κ2) is 12.0. The maximum Gasteiger partial charge on any atom is 0.374 e. The highest BCUT2D eigenvalue weighted by Crippen LogP contribution is 2.36. The SMILES string of the molecule is CCCCCC/C=C/[C@H]1CCC[C@@H]1CCCC(O)/C(O)=C(\O)C(=O)O. The number of aliphatic carboxylic acids is 1. The first-order chi connectivity index (χ1) is 12.0. The molecule has 1 unspecified atom stereocenters. The summed E-state index contributed by atoms with van der Waals surface area (Å²) in [5.41, 5.74) is 0. The molecule has 0 aromatic carbocycles. The summed E-state index contributed by atoms with van der Waals surface area (Å²) in [4.78, 5) is 10.6. The molecule has 0 aromatic rings. The van der Waals surface area contributed by atoms with Crippen LogP contribution in [0.4, 0.5) is 0 Å². The van der Waals surface area contributed by atoms with Crippen LogP contribution in [0.1, 0.15) is 77.6 Å². The summed E-state index contributed by atoms with van der Waals surface area (Å²) >= 11 is 0. The number of allylic oxidation sites excluding steroid dienone is 2. The number of aliphatic hydroxyl groups excluding tert-OH is 3. The first kappa shape index (κ1) is 21.6. The maximum absolute atomic E-state index is 10.6. The van der Waals surface area contributed by atoms with Crippen molar-refractivity contribution in [2.24, 2.45) is 11.8 Å². The zero-order valence-electron chi connectivity index (χ0n) is 15.4. The third kappa shape index (κ3) is 7.95. The van der Waals surface area contributed by atoms with Crippen molar-refractivity contribution >= 4 is 5.97 Å². The van der Waals surface area contributed by atoms with Crippen LogP contribution in [0.3, 0.4) is 0 Å². The summed E-state index contributed by atoms with van der Waals surface area (Å²) in [5, 5.41) is 37.0. The molecule has 0 amide bonds. The number of carbonyl (C=O) groups is 1. The predicted octanol–water partition coefficient (Wildman–Crippen LogP) is 4.87. The summed E-state index contributed by atoms with van der Waals surface area (Å²) in [6.07, 6.45) is 15.1. The van der Waals surface area contributed by atoms with E-state index in [0.717, 1.165) is 12.8 Å². The van der Waals surface area contributed by atoms with Crippen LogP contribution in [-0.2, 0) is 4.79 Å². The molecule has 0 aliphatic heterocycles. The lowest BCUT2D eigenvalue weighted by atomic mass is 9.89. The smallest absolute Gasteiger partial charge is 0.374 e. The average molecular weight is 354 g/mol. The van der Waals surface area contributed by atoms with Crippen molar-refractivity contribution in [2.75, 3.05) is 0 Å².